The number of rotatable bonds is 4. The van der Waals surface area contributed by atoms with Crippen molar-refractivity contribution < 1.29 is 17.9 Å². The number of carbonyl (C=O) groups excluding carboxylic acids is 1. The zero-order valence-corrected chi connectivity index (χ0v) is 14.8. The molecule has 0 saturated carbocycles. The summed E-state index contributed by atoms with van der Waals surface area (Å²) in [5, 5.41) is 0. The molecule has 2 aliphatic heterocycles. The van der Waals surface area contributed by atoms with E-state index in [2.05, 4.69) is 0 Å². The van der Waals surface area contributed by atoms with Crippen molar-refractivity contribution in [3.05, 3.63) is 35.4 Å². The van der Waals surface area contributed by atoms with Crippen LogP contribution in [0.4, 0.5) is 0 Å². The second kappa shape index (κ2) is 7.21. The van der Waals surface area contributed by atoms with Gasteiger partial charge in [0, 0.05) is 19.6 Å². The molecule has 0 N–H and O–H groups in total. The number of ether oxygens (including phenoxy) is 1. The molecule has 0 aromatic heterocycles. The molecule has 24 heavy (non-hydrogen) atoms. The normalized spacial score (nSPS) is 22.7. The average molecular weight is 352 g/mol. The Balaban J connectivity index is 1.74. The van der Waals surface area contributed by atoms with Crippen molar-refractivity contribution in [3.63, 3.8) is 0 Å². The van der Waals surface area contributed by atoms with Gasteiger partial charge in [0.2, 0.25) is 15.9 Å². The van der Waals surface area contributed by atoms with Crippen molar-refractivity contribution in [1.29, 1.82) is 0 Å². The molecule has 6 nitrogen and oxygen atoms in total. The maximum atomic E-state index is 12.8. The van der Waals surface area contributed by atoms with Crippen LogP contribution >= 0.6 is 0 Å². The number of sulfonamides is 1. The first-order valence-electron chi connectivity index (χ1n) is 8.39. The molecule has 0 spiro atoms. The lowest BCUT2D eigenvalue weighted by atomic mass is 10.2. The second-order valence-corrected chi connectivity index (χ2v) is 8.37. The Hall–Kier alpha value is -1.44. The lowest BCUT2D eigenvalue weighted by molar-refractivity contribution is -0.138. The van der Waals surface area contributed by atoms with Crippen molar-refractivity contribution >= 4 is 15.9 Å². The maximum Gasteiger partial charge on any atom is 0.241 e. The monoisotopic (exact) mass is 352 g/mol. The lowest BCUT2D eigenvalue weighted by Crippen LogP contribution is -2.51. The summed E-state index contributed by atoms with van der Waals surface area (Å²) in [6.07, 6.45) is 1.33. The molecule has 0 unspecified atom stereocenters. The number of morpholine rings is 1. The van der Waals surface area contributed by atoms with E-state index in [1.807, 2.05) is 31.2 Å². The summed E-state index contributed by atoms with van der Waals surface area (Å²) in [7, 11) is -3.51. The zero-order valence-electron chi connectivity index (χ0n) is 14.0. The quantitative estimate of drug-likeness (QED) is 0.815. The third-order valence-electron chi connectivity index (χ3n) is 4.60. The van der Waals surface area contributed by atoms with Gasteiger partial charge in [-0.25, -0.2) is 8.42 Å². The average Bonchev–Trinajstić information content (AvgIpc) is 3.05. The number of hydrogen-bond donors (Lipinski definition) is 0. The van der Waals surface area contributed by atoms with Crippen molar-refractivity contribution in [2.75, 3.05) is 32.8 Å². The molecular formula is C17H24N2O4S. The third-order valence-corrected chi connectivity index (χ3v) is 6.45. The minimum Gasteiger partial charge on any atom is -0.378 e. The van der Waals surface area contributed by atoms with Crippen LogP contribution in [-0.4, -0.2) is 62.4 Å². The summed E-state index contributed by atoms with van der Waals surface area (Å²) in [6, 6.07) is 6.95. The Morgan fingerprint density at radius 2 is 2.00 bits per heavy atom. The number of aryl methyl sites for hydroxylation is 1. The van der Waals surface area contributed by atoms with Crippen LogP contribution in [0.3, 0.4) is 0 Å². The van der Waals surface area contributed by atoms with E-state index in [0.717, 1.165) is 17.5 Å². The summed E-state index contributed by atoms with van der Waals surface area (Å²) in [6.45, 7) is 4.50. The first-order valence-corrected chi connectivity index (χ1v) is 10.00. The smallest absolute Gasteiger partial charge is 0.241 e. The van der Waals surface area contributed by atoms with Crippen LogP contribution in [0, 0.1) is 6.92 Å². The van der Waals surface area contributed by atoms with Crippen LogP contribution in [0.5, 0.6) is 0 Å². The van der Waals surface area contributed by atoms with E-state index in [9.17, 15) is 13.2 Å². The van der Waals surface area contributed by atoms with Gasteiger partial charge in [-0.3, -0.25) is 4.79 Å². The largest absolute Gasteiger partial charge is 0.378 e. The van der Waals surface area contributed by atoms with E-state index in [0.29, 0.717) is 39.3 Å². The molecule has 1 aromatic rings. The SMILES string of the molecule is Cc1cccc(CS(=O)(=O)N2CCC[C@H]2C(=O)N2CCOCC2)c1. The highest BCUT2D eigenvalue weighted by molar-refractivity contribution is 7.88. The van der Waals surface area contributed by atoms with Crippen LogP contribution in [0.2, 0.25) is 0 Å². The molecule has 0 aliphatic carbocycles. The highest BCUT2D eigenvalue weighted by Gasteiger charge is 2.40. The first-order chi connectivity index (χ1) is 11.5. The van der Waals surface area contributed by atoms with Crippen LogP contribution < -0.4 is 0 Å². The molecule has 2 fully saturated rings. The van der Waals surface area contributed by atoms with Crippen LogP contribution in [0.25, 0.3) is 0 Å². The van der Waals surface area contributed by atoms with Gasteiger partial charge >= 0.3 is 0 Å². The molecule has 132 valence electrons. The topological polar surface area (TPSA) is 66.9 Å². The fourth-order valence-electron chi connectivity index (χ4n) is 3.41. The molecule has 1 aromatic carbocycles. The number of benzene rings is 1. The molecule has 0 bridgehead atoms. The Morgan fingerprint density at radius 3 is 2.71 bits per heavy atom. The maximum absolute atomic E-state index is 12.8. The first kappa shape index (κ1) is 17.4. The van der Waals surface area contributed by atoms with Gasteiger partial charge in [0.05, 0.1) is 19.0 Å². The molecule has 1 amide bonds. The van der Waals surface area contributed by atoms with Crippen molar-refractivity contribution in [3.8, 4) is 0 Å². The highest BCUT2D eigenvalue weighted by atomic mass is 32.2. The van der Waals surface area contributed by atoms with Gasteiger partial charge in [-0.05, 0) is 25.3 Å². The predicted octanol–water partition coefficient (Wildman–Crippen LogP) is 1.15. The standard InChI is InChI=1S/C17H24N2O4S/c1-14-4-2-5-15(12-14)13-24(21,22)19-7-3-6-16(19)17(20)18-8-10-23-11-9-18/h2,4-5,12,16H,3,6-11,13H2,1H3/t16-/m0/s1. The van der Waals surface area contributed by atoms with Gasteiger partial charge in [0.1, 0.15) is 6.04 Å². The Morgan fingerprint density at radius 1 is 1.25 bits per heavy atom. The van der Waals surface area contributed by atoms with E-state index in [1.165, 1.54) is 4.31 Å². The summed E-state index contributed by atoms with van der Waals surface area (Å²) in [5.41, 5.74) is 1.80. The second-order valence-electron chi connectivity index (χ2n) is 6.45. The Labute approximate surface area is 143 Å². The molecule has 2 saturated heterocycles. The lowest BCUT2D eigenvalue weighted by Gasteiger charge is -2.32. The van der Waals surface area contributed by atoms with Gasteiger partial charge in [0.15, 0.2) is 0 Å². The van der Waals surface area contributed by atoms with Gasteiger partial charge in [0.25, 0.3) is 0 Å². The molecule has 1 atom stereocenters. The minimum absolute atomic E-state index is 0.0540. The zero-order chi connectivity index (χ0) is 17.2. The molecule has 7 heteroatoms. The number of amides is 1. The van der Waals surface area contributed by atoms with E-state index in [1.54, 1.807) is 4.90 Å². The van der Waals surface area contributed by atoms with Gasteiger partial charge in [-0.2, -0.15) is 4.31 Å². The summed E-state index contributed by atoms with van der Waals surface area (Å²) >= 11 is 0. The molecule has 0 radical (unpaired) electrons. The van der Waals surface area contributed by atoms with Crippen LogP contribution in [-0.2, 0) is 25.3 Å². The number of hydrogen-bond acceptors (Lipinski definition) is 4. The van der Waals surface area contributed by atoms with Crippen LogP contribution in [0.15, 0.2) is 24.3 Å². The fourth-order valence-corrected chi connectivity index (χ4v) is 5.17. The van der Waals surface area contributed by atoms with Crippen LogP contribution in [0.1, 0.15) is 24.0 Å². The molecule has 3 rings (SSSR count). The van der Waals surface area contributed by atoms with E-state index < -0.39 is 16.1 Å². The molecule has 2 heterocycles. The highest BCUT2D eigenvalue weighted by Crippen LogP contribution is 2.25. The van der Waals surface area contributed by atoms with Gasteiger partial charge < -0.3 is 9.64 Å². The number of nitrogens with zero attached hydrogens (tertiary/aromatic N) is 2. The molecule has 2 aliphatic rings. The van der Waals surface area contributed by atoms with E-state index >= 15 is 0 Å². The van der Waals surface area contributed by atoms with Crippen molar-refractivity contribution in [2.45, 2.75) is 31.6 Å². The van der Waals surface area contributed by atoms with Crippen molar-refractivity contribution in [2.24, 2.45) is 0 Å². The third kappa shape index (κ3) is 3.79. The van der Waals surface area contributed by atoms with E-state index in [4.69, 9.17) is 4.74 Å². The number of carbonyl (C=O) groups is 1. The summed E-state index contributed by atoms with van der Waals surface area (Å²) in [4.78, 5) is 14.5. The summed E-state index contributed by atoms with van der Waals surface area (Å²) in [5.74, 6) is -0.134. The van der Waals surface area contributed by atoms with Gasteiger partial charge in [-0.15, -0.1) is 0 Å². The van der Waals surface area contributed by atoms with Crippen molar-refractivity contribution in [1.82, 2.24) is 9.21 Å². The fraction of sp³-hybridized carbons (Fsp3) is 0.588. The molecular weight excluding hydrogens is 328 g/mol. The summed E-state index contributed by atoms with van der Waals surface area (Å²) < 4.78 is 32.4. The Bertz CT molecular complexity index is 698. The van der Waals surface area contributed by atoms with Gasteiger partial charge in [-0.1, -0.05) is 29.8 Å². The minimum atomic E-state index is -3.51. The van der Waals surface area contributed by atoms with E-state index in [-0.39, 0.29) is 11.7 Å². The predicted molar refractivity (Wildman–Crippen MR) is 90.9 cm³/mol. The Kier molecular flexibility index (Phi) is 5.22.